The number of Topliss-reactive ketones (excluding diaryl/α,β-unsaturated/α-hetero) is 1. The minimum Gasteiger partial charge on any atom is -0.349 e. The first-order valence-corrected chi connectivity index (χ1v) is 9.47. The summed E-state index contributed by atoms with van der Waals surface area (Å²) in [6.07, 6.45) is 12.2. The molecular formula is C20H37NO2. The number of amides is 1. The van der Waals surface area contributed by atoms with Crippen molar-refractivity contribution < 1.29 is 9.59 Å². The molecule has 0 saturated carbocycles. The van der Waals surface area contributed by atoms with E-state index in [4.69, 9.17) is 0 Å². The zero-order valence-electron chi connectivity index (χ0n) is 15.6. The molecule has 23 heavy (non-hydrogen) atoms. The van der Waals surface area contributed by atoms with Gasteiger partial charge in [-0.2, -0.15) is 0 Å². The summed E-state index contributed by atoms with van der Waals surface area (Å²) >= 11 is 0. The normalized spacial score (nSPS) is 12.0. The van der Waals surface area contributed by atoms with E-state index in [1.54, 1.807) is 0 Å². The van der Waals surface area contributed by atoms with Gasteiger partial charge in [0.1, 0.15) is 5.78 Å². The number of hydrogen-bond donors (Lipinski definition) is 1. The van der Waals surface area contributed by atoms with Crippen LogP contribution in [0.25, 0.3) is 0 Å². The second-order valence-corrected chi connectivity index (χ2v) is 6.70. The van der Waals surface area contributed by atoms with Crippen LogP contribution in [0, 0.1) is 0 Å². The Labute approximate surface area is 143 Å². The molecular weight excluding hydrogens is 286 g/mol. The van der Waals surface area contributed by atoms with Gasteiger partial charge in [-0.1, -0.05) is 77.4 Å². The molecule has 0 spiro atoms. The molecule has 0 rings (SSSR count). The van der Waals surface area contributed by atoms with Crippen molar-refractivity contribution in [3.05, 3.63) is 12.2 Å². The lowest BCUT2D eigenvalue weighted by Crippen LogP contribution is -2.36. The highest BCUT2D eigenvalue weighted by atomic mass is 16.2. The Morgan fingerprint density at radius 3 is 2.00 bits per heavy atom. The maximum absolute atomic E-state index is 11.9. The van der Waals surface area contributed by atoms with Gasteiger partial charge in [-0.25, -0.2) is 0 Å². The Bertz CT molecular complexity index is 350. The third kappa shape index (κ3) is 13.1. The van der Waals surface area contributed by atoms with Gasteiger partial charge in [0, 0.05) is 12.5 Å². The molecule has 0 radical (unpaired) electrons. The van der Waals surface area contributed by atoms with Gasteiger partial charge in [0.25, 0.3) is 0 Å². The Morgan fingerprint density at radius 2 is 1.48 bits per heavy atom. The summed E-state index contributed by atoms with van der Waals surface area (Å²) in [5, 5.41) is 2.92. The number of carbonyl (C=O) groups excluding carboxylic acids is 2. The minimum absolute atomic E-state index is 0.00317. The number of rotatable bonds is 15. The molecule has 3 heteroatoms. The highest BCUT2D eigenvalue weighted by Gasteiger charge is 2.14. The summed E-state index contributed by atoms with van der Waals surface area (Å²) in [6, 6.07) is 0.00317. The zero-order valence-corrected chi connectivity index (χ0v) is 15.6. The van der Waals surface area contributed by atoms with Crippen molar-refractivity contribution in [3.63, 3.8) is 0 Å². The van der Waals surface area contributed by atoms with Crippen LogP contribution in [-0.4, -0.2) is 17.7 Å². The molecule has 0 aromatic heterocycles. The third-order valence-corrected chi connectivity index (χ3v) is 4.17. The third-order valence-electron chi connectivity index (χ3n) is 4.17. The molecule has 1 atom stereocenters. The van der Waals surface area contributed by atoms with Crippen LogP contribution in [0.1, 0.15) is 97.8 Å². The summed E-state index contributed by atoms with van der Waals surface area (Å²) in [7, 11) is 0. The highest BCUT2D eigenvalue weighted by molar-refractivity contribution is 5.98. The van der Waals surface area contributed by atoms with Gasteiger partial charge >= 0.3 is 0 Å². The molecule has 0 aromatic carbocycles. The molecule has 1 N–H and O–H groups in total. The first-order chi connectivity index (χ1) is 11.0. The fraction of sp³-hybridized carbons (Fsp3) is 0.800. The van der Waals surface area contributed by atoms with E-state index in [-0.39, 0.29) is 24.2 Å². The predicted octanol–water partition coefficient (Wildman–Crippen LogP) is 5.34. The smallest absolute Gasteiger partial charge is 0.227 e. The van der Waals surface area contributed by atoms with Crippen molar-refractivity contribution >= 4 is 11.7 Å². The molecule has 0 aliphatic rings. The van der Waals surface area contributed by atoms with Crippen LogP contribution in [0.4, 0.5) is 0 Å². The lowest BCUT2D eigenvalue weighted by Gasteiger charge is -2.17. The van der Waals surface area contributed by atoms with Crippen molar-refractivity contribution in [2.24, 2.45) is 0 Å². The van der Waals surface area contributed by atoms with Gasteiger partial charge in [-0.05, 0) is 19.8 Å². The Kier molecular flexibility index (Phi) is 13.8. The van der Waals surface area contributed by atoms with Gasteiger partial charge in [-0.3, -0.25) is 9.59 Å². The largest absolute Gasteiger partial charge is 0.349 e. The number of ketones is 1. The molecule has 1 unspecified atom stereocenters. The fourth-order valence-corrected chi connectivity index (χ4v) is 2.70. The van der Waals surface area contributed by atoms with Crippen LogP contribution in [0.5, 0.6) is 0 Å². The average molecular weight is 324 g/mol. The van der Waals surface area contributed by atoms with Gasteiger partial charge in [0.2, 0.25) is 5.91 Å². The standard InChI is InChI=1S/C20H37NO2/c1-5-7-8-9-10-11-12-13-15-18(22)16-20(23)21-19(14-6-2)17(3)4/h19H,3,5-16H2,1-2,4H3,(H,21,23). The first-order valence-electron chi connectivity index (χ1n) is 9.47. The topological polar surface area (TPSA) is 46.2 Å². The molecule has 0 heterocycles. The van der Waals surface area contributed by atoms with Crippen LogP contribution in [0.2, 0.25) is 0 Å². The lowest BCUT2D eigenvalue weighted by atomic mass is 10.0. The van der Waals surface area contributed by atoms with E-state index in [0.29, 0.717) is 6.42 Å². The quantitative estimate of drug-likeness (QED) is 0.251. The van der Waals surface area contributed by atoms with Crippen molar-refractivity contribution in [1.29, 1.82) is 0 Å². The monoisotopic (exact) mass is 323 g/mol. The van der Waals surface area contributed by atoms with Crippen molar-refractivity contribution in [3.8, 4) is 0 Å². The van der Waals surface area contributed by atoms with Gasteiger partial charge in [0.05, 0.1) is 6.42 Å². The molecule has 0 bridgehead atoms. The zero-order chi connectivity index (χ0) is 17.5. The van der Waals surface area contributed by atoms with Gasteiger partial charge in [0.15, 0.2) is 0 Å². The number of hydrogen-bond acceptors (Lipinski definition) is 2. The van der Waals surface area contributed by atoms with E-state index < -0.39 is 0 Å². The maximum atomic E-state index is 11.9. The van der Waals surface area contributed by atoms with Crippen molar-refractivity contribution in [1.82, 2.24) is 5.32 Å². The van der Waals surface area contributed by atoms with E-state index in [1.165, 1.54) is 38.5 Å². The fourth-order valence-electron chi connectivity index (χ4n) is 2.70. The van der Waals surface area contributed by atoms with Gasteiger partial charge < -0.3 is 5.32 Å². The lowest BCUT2D eigenvalue weighted by molar-refractivity contribution is -0.128. The van der Waals surface area contributed by atoms with Crippen LogP contribution >= 0.6 is 0 Å². The van der Waals surface area contributed by atoms with Crippen molar-refractivity contribution in [2.45, 2.75) is 104 Å². The Morgan fingerprint density at radius 1 is 0.913 bits per heavy atom. The second-order valence-electron chi connectivity index (χ2n) is 6.70. The predicted molar refractivity (Wildman–Crippen MR) is 98.5 cm³/mol. The summed E-state index contributed by atoms with van der Waals surface area (Å²) in [5.74, 6) is -0.0959. The molecule has 3 nitrogen and oxygen atoms in total. The van der Waals surface area contributed by atoms with Crippen LogP contribution < -0.4 is 5.32 Å². The molecule has 0 saturated heterocycles. The molecule has 0 aliphatic carbocycles. The Balaban J connectivity index is 3.72. The summed E-state index contributed by atoms with van der Waals surface area (Å²) in [4.78, 5) is 23.8. The number of unbranched alkanes of at least 4 members (excludes halogenated alkanes) is 7. The van der Waals surface area contributed by atoms with Gasteiger partial charge in [-0.15, -0.1) is 0 Å². The molecule has 0 aliphatic heterocycles. The van der Waals surface area contributed by atoms with E-state index in [1.807, 2.05) is 6.92 Å². The van der Waals surface area contributed by atoms with Crippen molar-refractivity contribution in [2.75, 3.05) is 0 Å². The van der Waals surface area contributed by atoms with Crippen LogP contribution in [-0.2, 0) is 9.59 Å². The summed E-state index contributed by atoms with van der Waals surface area (Å²) in [5.41, 5.74) is 0.954. The van der Waals surface area contributed by atoms with E-state index in [9.17, 15) is 9.59 Å². The second kappa shape index (κ2) is 14.5. The minimum atomic E-state index is -0.156. The molecule has 134 valence electrons. The first kappa shape index (κ1) is 21.9. The number of carbonyl (C=O) groups is 2. The maximum Gasteiger partial charge on any atom is 0.227 e. The van der Waals surface area contributed by atoms with E-state index in [0.717, 1.165) is 31.3 Å². The Hall–Kier alpha value is -1.12. The SMILES string of the molecule is C=C(C)C(CCC)NC(=O)CC(=O)CCCCCCCCCC. The molecule has 0 aromatic rings. The number of nitrogens with one attached hydrogen (secondary N) is 1. The highest BCUT2D eigenvalue weighted by Crippen LogP contribution is 2.11. The van der Waals surface area contributed by atoms with Crippen LogP contribution in [0.3, 0.4) is 0 Å². The summed E-state index contributed by atoms with van der Waals surface area (Å²) in [6.45, 7) is 10.1. The van der Waals surface area contributed by atoms with E-state index >= 15 is 0 Å². The molecule has 1 amide bonds. The van der Waals surface area contributed by atoms with E-state index in [2.05, 4.69) is 25.7 Å². The average Bonchev–Trinajstić information content (AvgIpc) is 2.49. The molecule has 0 fully saturated rings. The van der Waals surface area contributed by atoms with Crippen LogP contribution in [0.15, 0.2) is 12.2 Å². The summed E-state index contributed by atoms with van der Waals surface area (Å²) < 4.78 is 0.